The van der Waals surface area contributed by atoms with Gasteiger partial charge in [0.25, 0.3) is 0 Å². The van der Waals surface area contributed by atoms with Gasteiger partial charge in [0.1, 0.15) is 5.60 Å². The number of benzene rings is 1. The van der Waals surface area contributed by atoms with Crippen LogP contribution in [0.5, 0.6) is 0 Å². The van der Waals surface area contributed by atoms with Gasteiger partial charge in [-0.3, -0.25) is 4.68 Å². The molecule has 0 bridgehead atoms. The molecule has 0 saturated heterocycles. The standard InChI is InChI=1S/C17H23N3O/c1-12-8-13-6-4-5-7-15(13)16(12)18-11-17(2,21)14-9-19-20(3)10-14/h4-7,9-10,12,16,18,21H,8,11H2,1-3H3. The molecule has 0 saturated carbocycles. The number of nitrogens with one attached hydrogen (secondary N) is 1. The highest BCUT2D eigenvalue weighted by Crippen LogP contribution is 2.36. The molecule has 3 rings (SSSR count). The Morgan fingerprint density at radius 3 is 2.90 bits per heavy atom. The van der Waals surface area contributed by atoms with E-state index in [1.54, 1.807) is 10.9 Å². The zero-order valence-electron chi connectivity index (χ0n) is 12.9. The average Bonchev–Trinajstić information content (AvgIpc) is 3.00. The zero-order valence-corrected chi connectivity index (χ0v) is 12.9. The molecule has 0 fully saturated rings. The molecule has 2 N–H and O–H groups in total. The second-order valence-electron chi connectivity index (χ2n) is 6.42. The molecule has 0 aliphatic heterocycles. The van der Waals surface area contributed by atoms with E-state index < -0.39 is 5.60 Å². The fourth-order valence-electron chi connectivity index (χ4n) is 3.22. The summed E-state index contributed by atoms with van der Waals surface area (Å²) in [5, 5.41) is 18.4. The van der Waals surface area contributed by atoms with Crippen LogP contribution in [0.2, 0.25) is 0 Å². The Balaban J connectivity index is 1.73. The summed E-state index contributed by atoms with van der Waals surface area (Å²) < 4.78 is 1.72. The van der Waals surface area contributed by atoms with Crippen LogP contribution in [-0.4, -0.2) is 21.4 Å². The number of hydrogen-bond acceptors (Lipinski definition) is 3. The van der Waals surface area contributed by atoms with Crippen molar-refractivity contribution in [3.63, 3.8) is 0 Å². The summed E-state index contributed by atoms with van der Waals surface area (Å²) in [6, 6.07) is 8.89. The van der Waals surface area contributed by atoms with Crippen LogP contribution in [0.4, 0.5) is 0 Å². The fourth-order valence-corrected chi connectivity index (χ4v) is 3.22. The van der Waals surface area contributed by atoms with E-state index in [9.17, 15) is 5.11 Å². The van der Waals surface area contributed by atoms with Crippen molar-refractivity contribution in [1.29, 1.82) is 0 Å². The second kappa shape index (κ2) is 5.28. The minimum Gasteiger partial charge on any atom is -0.384 e. The van der Waals surface area contributed by atoms with E-state index in [1.165, 1.54) is 11.1 Å². The van der Waals surface area contributed by atoms with Gasteiger partial charge in [-0.05, 0) is 30.4 Å². The number of aryl methyl sites for hydroxylation is 1. The van der Waals surface area contributed by atoms with Gasteiger partial charge in [0, 0.05) is 31.4 Å². The number of aliphatic hydroxyl groups is 1. The number of fused-ring (bicyclic) bond motifs is 1. The maximum absolute atomic E-state index is 10.7. The van der Waals surface area contributed by atoms with Crippen LogP contribution in [0.1, 0.15) is 36.6 Å². The van der Waals surface area contributed by atoms with Gasteiger partial charge in [0.2, 0.25) is 0 Å². The summed E-state index contributed by atoms with van der Waals surface area (Å²) >= 11 is 0. The van der Waals surface area contributed by atoms with Gasteiger partial charge in [-0.25, -0.2) is 0 Å². The van der Waals surface area contributed by atoms with Crippen molar-refractivity contribution < 1.29 is 5.11 Å². The minimum atomic E-state index is -0.911. The van der Waals surface area contributed by atoms with E-state index in [1.807, 2.05) is 20.2 Å². The lowest BCUT2D eigenvalue weighted by molar-refractivity contribution is 0.0521. The topological polar surface area (TPSA) is 50.1 Å². The SMILES string of the molecule is CC1Cc2ccccc2C1NCC(C)(O)c1cnn(C)c1. The number of rotatable bonds is 4. The Kier molecular flexibility index (Phi) is 3.59. The molecule has 0 amide bonds. The van der Waals surface area contributed by atoms with Crippen LogP contribution in [0.15, 0.2) is 36.7 Å². The van der Waals surface area contributed by atoms with E-state index in [0.717, 1.165) is 12.0 Å². The van der Waals surface area contributed by atoms with Gasteiger partial charge < -0.3 is 10.4 Å². The van der Waals surface area contributed by atoms with Crippen molar-refractivity contribution in [2.75, 3.05) is 6.54 Å². The van der Waals surface area contributed by atoms with Gasteiger partial charge in [-0.2, -0.15) is 5.10 Å². The van der Waals surface area contributed by atoms with Crippen LogP contribution in [0.25, 0.3) is 0 Å². The van der Waals surface area contributed by atoms with Crippen molar-refractivity contribution in [2.45, 2.75) is 31.9 Å². The summed E-state index contributed by atoms with van der Waals surface area (Å²) in [6.07, 6.45) is 4.70. The highest BCUT2D eigenvalue weighted by molar-refractivity contribution is 5.35. The normalized spacial score (nSPS) is 23.8. The number of aromatic nitrogens is 2. The van der Waals surface area contributed by atoms with E-state index in [2.05, 4.69) is 41.6 Å². The summed E-state index contributed by atoms with van der Waals surface area (Å²) in [7, 11) is 1.86. The van der Waals surface area contributed by atoms with Gasteiger partial charge in [0.15, 0.2) is 0 Å². The first-order chi connectivity index (χ1) is 9.97. The van der Waals surface area contributed by atoms with Crippen LogP contribution in [-0.2, 0) is 19.1 Å². The third-order valence-electron chi connectivity index (χ3n) is 4.49. The smallest absolute Gasteiger partial charge is 0.102 e. The molecule has 1 aromatic carbocycles. The molecule has 4 heteroatoms. The molecule has 1 heterocycles. The molecule has 1 aliphatic rings. The predicted octanol–water partition coefficient (Wildman–Crippen LogP) is 2.15. The summed E-state index contributed by atoms with van der Waals surface area (Å²) in [6.45, 7) is 4.61. The molecule has 1 aliphatic carbocycles. The average molecular weight is 285 g/mol. The second-order valence-corrected chi connectivity index (χ2v) is 6.42. The fraction of sp³-hybridized carbons (Fsp3) is 0.471. The molecule has 3 atom stereocenters. The van der Waals surface area contributed by atoms with Gasteiger partial charge in [-0.1, -0.05) is 31.2 Å². The first kappa shape index (κ1) is 14.3. The largest absolute Gasteiger partial charge is 0.384 e. The van der Waals surface area contributed by atoms with Crippen molar-refractivity contribution >= 4 is 0 Å². The van der Waals surface area contributed by atoms with E-state index in [-0.39, 0.29) is 0 Å². The van der Waals surface area contributed by atoms with Gasteiger partial charge in [-0.15, -0.1) is 0 Å². The van der Waals surface area contributed by atoms with Crippen molar-refractivity contribution in [3.05, 3.63) is 53.3 Å². The monoisotopic (exact) mass is 285 g/mol. The predicted molar refractivity (Wildman–Crippen MR) is 82.8 cm³/mol. The Bertz CT molecular complexity index is 632. The van der Waals surface area contributed by atoms with E-state index in [0.29, 0.717) is 18.5 Å². The minimum absolute atomic E-state index is 0.310. The van der Waals surface area contributed by atoms with Gasteiger partial charge in [0.05, 0.1) is 6.20 Å². The maximum Gasteiger partial charge on any atom is 0.102 e. The summed E-state index contributed by atoms with van der Waals surface area (Å²) in [4.78, 5) is 0. The Labute approximate surface area is 125 Å². The Morgan fingerprint density at radius 1 is 1.43 bits per heavy atom. The lowest BCUT2D eigenvalue weighted by Gasteiger charge is -2.27. The highest BCUT2D eigenvalue weighted by atomic mass is 16.3. The molecular formula is C17H23N3O. The third-order valence-corrected chi connectivity index (χ3v) is 4.49. The third kappa shape index (κ3) is 2.74. The lowest BCUT2D eigenvalue weighted by atomic mass is 9.97. The quantitative estimate of drug-likeness (QED) is 0.905. The zero-order chi connectivity index (χ0) is 15.0. The highest BCUT2D eigenvalue weighted by Gasteiger charge is 2.32. The first-order valence-corrected chi connectivity index (χ1v) is 7.50. The molecule has 3 unspecified atom stereocenters. The van der Waals surface area contributed by atoms with Crippen LogP contribution in [0, 0.1) is 5.92 Å². The molecule has 21 heavy (non-hydrogen) atoms. The first-order valence-electron chi connectivity index (χ1n) is 7.50. The molecule has 0 spiro atoms. The van der Waals surface area contributed by atoms with Crippen molar-refractivity contribution in [3.8, 4) is 0 Å². The van der Waals surface area contributed by atoms with E-state index >= 15 is 0 Å². The summed E-state index contributed by atoms with van der Waals surface area (Å²) in [5.74, 6) is 0.548. The summed E-state index contributed by atoms with van der Waals surface area (Å²) in [5.41, 5.74) is 2.72. The Hall–Kier alpha value is -1.65. The van der Waals surface area contributed by atoms with Crippen LogP contribution in [0.3, 0.4) is 0 Å². The van der Waals surface area contributed by atoms with Gasteiger partial charge >= 0.3 is 0 Å². The van der Waals surface area contributed by atoms with Crippen molar-refractivity contribution in [1.82, 2.24) is 15.1 Å². The maximum atomic E-state index is 10.7. The van der Waals surface area contributed by atoms with Crippen LogP contribution >= 0.6 is 0 Å². The molecular weight excluding hydrogens is 262 g/mol. The molecule has 112 valence electrons. The van der Waals surface area contributed by atoms with Crippen LogP contribution < -0.4 is 5.32 Å². The molecule has 4 nitrogen and oxygen atoms in total. The lowest BCUT2D eigenvalue weighted by Crippen LogP contribution is -2.38. The molecule has 1 aromatic heterocycles. The Morgan fingerprint density at radius 2 is 2.19 bits per heavy atom. The molecule has 0 radical (unpaired) electrons. The van der Waals surface area contributed by atoms with E-state index in [4.69, 9.17) is 0 Å². The molecule has 2 aromatic rings. The van der Waals surface area contributed by atoms with Crippen molar-refractivity contribution in [2.24, 2.45) is 13.0 Å². The number of hydrogen-bond donors (Lipinski definition) is 2. The number of nitrogens with zero attached hydrogens (tertiary/aromatic N) is 2.